The molecular formula is C17H24BF4KN2O5S. The van der Waals surface area contributed by atoms with Gasteiger partial charge in [0.15, 0.2) is 0 Å². The molecule has 0 atom stereocenters. The van der Waals surface area contributed by atoms with Gasteiger partial charge in [0.05, 0.1) is 0 Å². The van der Waals surface area contributed by atoms with E-state index in [1.165, 1.54) is 17.9 Å². The van der Waals surface area contributed by atoms with Gasteiger partial charge in [-0.2, -0.15) is 8.42 Å². The summed E-state index contributed by atoms with van der Waals surface area (Å²) >= 11 is 0. The molecule has 1 amide bonds. The number of hydrogen-bond donors (Lipinski definition) is 0. The number of carbonyl (C=O) groups is 1. The van der Waals surface area contributed by atoms with Gasteiger partial charge in [0.1, 0.15) is 11.4 Å². The molecule has 1 saturated heterocycles. The first-order valence-corrected chi connectivity index (χ1v) is 10.6. The maximum Gasteiger partial charge on any atom is 1.00 e. The van der Waals surface area contributed by atoms with Gasteiger partial charge in [0.25, 0.3) is 0 Å². The molecule has 1 aromatic rings. The molecule has 14 heteroatoms. The fourth-order valence-corrected chi connectivity index (χ4v) is 3.46. The molecule has 1 heterocycles. The van der Waals surface area contributed by atoms with E-state index in [2.05, 4.69) is 4.18 Å². The standard InChI is InChI=1S/C17H24BF4N2O5S.K/c1-12-13(11-18(19,20)21)9-14(29-30(22,26)27)10-15(12)23-5-7-24(8-6-23)16(25)28-17(2,3)4;/h9-10H,5-8,11H2,1-4H3;/q-1;+1. The van der Waals surface area contributed by atoms with Gasteiger partial charge >= 0.3 is 75.0 Å². The molecule has 2 rings (SSSR count). The van der Waals surface area contributed by atoms with Crippen LogP contribution in [0.1, 0.15) is 31.9 Å². The normalized spacial score (nSPS) is 15.4. The van der Waals surface area contributed by atoms with Crippen molar-refractivity contribution in [3.05, 3.63) is 23.3 Å². The fourth-order valence-electron chi connectivity index (χ4n) is 3.14. The van der Waals surface area contributed by atoms with Crippen LogP contribution in [0.15, 0.2) is 12.1 Å². The van der Waals surface area contributed by atoms with Gasteiger partial charge in [-0.05, 0) is 39.3 Å². The van der Waals surface area contributed by atoms with Crippen LogP contribution >= 0.6 is 0 Å². The SMILES string of the molecule is Cc1c(C[B-](F)(F)F)cc(OS(=O)(=O)F)cc1N1CCN(C(=O)OC(C)(C)C)CC1.[K+]. The van der Waals surface area contributed by atoms with Crippen molar-refractivity contribution in [2.75, 3.05) is 31.1 Å². The molecule has 0 spiro atoms. The summed E-state index contributed by atoms with van der Waals surface area (Å²) < 4.78 is 83.1. The largest absolute Gasteiger partial charge is 1.00 e. The first kappa shape index (κ1) is 28.5. The second-order valence-electron chi connectivity index (χ2n) is 8.07. The van der Waals surface area contributed by atoms with Crippen molar-refractivity contribution < 1.29 is 90.3 Å². The summed E-state index contributed by atoms with van der Waals surface area (Å²) in [5.74, 6) is -0.539. The molecule has 1 aliphatic rings. The number of halogens is 4. The number of benzene rings is 1. The molecule has 0 radical (unpaired) electrons. The average molecular weight is 494 g/mol. The molecule has 0 unspecified atom stereocenters. The topological polar surface area (TPSA) is 76.2 Å². The Hall–Kier alpha value is -0.539. The van der Waals surface area contributed by atoms with Crippen LogP contribution in [-0.2, 0) is 21.6 Å². The second kappa shape index (κ2) is 10.6. The molecule has 170 valence electrons. The fraction of sp³-hybridized carbons (Fsp3) is 0.588. The third-order valence-corrected chi connectivity index (χ3v) is 4.77. The zero-order valence-electron chi connectivity index (χ0n) is 18.1. The molecule has 1 aromatic carbocycles. The van der Waals surface area contributed by atoms with Gasteiger partial charge < -0.3 is 31.7 Å². The van der Waals surface area contributed by atoms with Crippen molar-refractivity contribution in [1.29, 1.82) is 0 Å². The molecule has 0 N–H and O–H groups in total. The van der Waals surface area contributed by atoms with E-state index in [0.717, 1.165) is 6.07 Å². The number of hydrogen-bond acceptors (Lipinski definition) is 6. The zero-order valence-corrected chi connectivity index (χ0v) is 22.1. The summed E-state index contributed by atoms with van der Waals surface area (Å²) in [6.45, 7) is 2.50. The Bertz CT molecular complexity index is 901. The van der Waals surface area contributed by atoms with Crippen molar-refractivity contribution in [1.82, 2.24) is 4.90 Å². The average Bonchev–Trinajstić information content (AvgIpc) is 2.53. The first-order chi connectivity index (χ1) is 13.5. The van der Waals surface area contributed by atoms with Crippen LogP contribution in [0, 0.1) is 6.92 Å². The Balaban J connectivity index is 0.00000480. The Morgan fingerprint density at radius 2 is 1.68 bits per heavy atom. The van der Waals surface area contributed by atoms with Gasteiger partial charge in [0.2, 0.25) is 0 Å². The summed E-state index contributed by atoms with van der Waals surface area (Å²) in [6.07, 6.45) is -1.76. The number of ether oxygens (including phenoxy) is 1. The minimum atomic E-state index is -5.40. The zero-order chi connectivity index (χ0) is 22.9. The smallest absolute Gasteiger partial charge is 0.449 e. The molecule has 1 fully saturated rings. The van der Waals surface area contributed by atoms with Crippen molar-refractivity contribution in [3.8, 4) is 5.75 Å². The van der Waals surface area contributed by atoms with E-state index >= 15 is 0 Å². The van der Waals surface area contributed by atoms with E-state index in [0.29, 0.717) is 0 Å². The van der Waals surface area contributed by atoms with Crippen LogP contribution in [0.3, 0.4) is 0 Å². The number of carbonyl (C=O) groups excluding carboxylic acids is 1. The molecule has 0 bridgehead atoms. The van der Waals surface area contributed by atoms with E-state index < -0.39 is 41.2 Å². The van der Waals surface area contributed by atoms with Crippen molar-refractivity contribution in [3.63, 3.8) is 0 Å². The summed E-state index contributed by atoms with van der Waals surface area (Å²) in [5.41, 5.74) is -0.297. The minimum Gasteiger partial charge on any atom is -0.449 e. The molecule has 0 saturated carbocycles. The van der Waals surface area contributed by atoms with Gasteiger partial charge in [-0.1, -0.05) is 15.8 Å². The van der Waals surface area contributed by atoms with Gasteiger partial charge in [0, 0.05) is 37.9 Å². The van der Waals surface area contributed by atoms with E-state index in [4.69, 9.17) is 4.74 Å². The predicted octanol–water partition coefficient (Wildman–Crippen LogP) is 0.578. The van der Waals surface area contributed by atoms with E-state index in [9.17, 15) is 30.0 Å². The van der Waals surface area contributed by atoms with Crippen molar-refractivity contribution >= 4 is 29.3 Å². The van der Waals surface area contributed by atoms with Crippen LogP contribution in [0.4, 0.5) is 27.3 Å². The first-order valence-electron chi connectivity index (χ1n) is 9.25. The number of anilines is 1. The quantitative estimate of drug-likeness (QED) is 0.339. The molecule has 0 aromatic heterocycles. The van der Waals surface area contributed by atoms with Crippen LogP contribution in [0.25, 0.3) is 0 Å². The van der Waals surface area contributed by atoms with Crippen molar-refractivity contribution in [2.24, 2.45) is 0 Å². The predicted molar refractivity (Wildman–Crippen MR) is 105 cm³/mol. The third-order valence-electron chi connectivity index (χ3n) is 4.38. The summed E-state index contributed by atoms with van der Waals surface area (Å²) in [7, 11) is -5.40. The van der Waals surface area contributed by atoms with Crippen molar-refractivity contribution in [2.45, 2.75) is 39.6 Å². The van der Waals surface area contributed by atoms with Gasteiger partial charge in [-0.25, -0.2) is 4.79 Å². The summed E-state index contributed by atoms with van der Waals surface area (Å²) in [5, 5.41) is 0. The molecule has 1 aliphatic heterocycles. The summed E-state index contributed by atoms with van der Waals surface area (Å²) in [6, 6.07) is 2.06. The monoisotopic (exact) mass is 494 g/mol. The third kappa shape index (κ3) is 9.46. The van der Waals surface area contributed by atoms with Gasteiger partial charge in [-0.3, -0.25) is 0 Å². The van der Waals surface area contributed by atoms with Crippen LogP contribution in [0.5, 0.6) is 5.75 Å². The van der Waals surface area contributed by atoms with E-state index in [1.54, 1.807) is 25.7 Å². The van der Waals surface area contributed by atoms with E-state index in [1.807, 2.05) is 0 Å². The number of nitrogens with zero attached hydrogens (tertiary/aromatic N) is 2. The minimum absolute atomic E-state index is 0. The van der Waals surface area contributed by atoms with E-state index in [-0.39, 0.29) is 94.4 Å². The summed E-state index contributed by atoms with van der Waals surface area (Å²) in [4.78, 5) is 15.3. The van der Waals surface area contributed by atoms with Crippen LogP contribution in [0.2, 0.25) is 0 Å². The Morgan fingerprint density at radius 3 is 2.13 bits per heavy atom. The number of rotatable bonds is 5. The Labute approximate surface area is 222 Å². The molecule has 7 nitrogen and oxygen atoms in total. The maximum absolute atomic E-state index is 13.0. The van der Waals surface area contributed by atoms with Crippen LogP contribution < -0.4 is 60.5 Å². The molecule has 31 heavy (non-hydrogen) atoms. The van der Waals surface area contributed by atoms with Gasteiger partial charge in [-0.15, -0.1) is 0 Å². The second-order valence-corrected chi connectivity index (χ2v) is 9.02. The molecule has 0 aliphatic carbocycles. The number of piperazine rings is 1. The Kier molecular flexibility index (Phi) is 9.74. The maximum atomic E-state index is 13.0. The van der Waals surface area contributed by atoms with Crippen LogP contribution in [-0.4, -0.2) is 58.2 Å². The molecular weight excluding hydrogens is 470 g/mol. The number of amides is 1. The Morgan fingerprint density at radius 1 is 1.13 bits per heavy atom.